The average Bonchev–Trinajstić information content (AvgIpc) is 2.86. The number of hydrogen-bond donors (Lipinski definition) is 1. The van der Waals surface area contributed by atoms with Gasteiger partial charge in [0.2, 0.25) is 5.88 Å². The summed E-state index contributed by atoms with van der Waals surface area (Å²) in [6, 6.07) is 1.41. The molecule has 0 aliphatic rings. The van der Waals surface area contributed by atoms with Gasteiger partial charge < -0.3 is 9.84 Å². The van der Waals surface area contributed by atoms with Crippen LogP contribution in [0.3, 0.4) is 0 Å². The zero-order chi connectivity index (χ0) is 18.3. The first kappa shape index (κ1) is 17.6. The van der Waals surface area contributed by atoms with Gasteiger partial charge in [0.25, 0.3) is 0 Å². The van der Waals surface area contributed by atoms with E-state index in [2.05, 4.69) is 9.84 Å². The molecule has 1 N–H and O–H groups in total. The van der Waals surface area contributed by atoms with Crippen molar-refractivity contribution in [2.24, 2.45) is 0 Å². The fourth-order valence-corrected chi connectivity index (χ4v) is 1.83. The van der Waals surface area contributed by atoms with Crippen LogP contribution in [-0.4, -0.2) is 28.0 Å². The van der Waals surface area contributed by atoms with Crippen LogP contribution in [0, 0.1) is 0 Å². The van der Waals surface area contributed by atoms with Gasteiger partial charge in [0.15, 0.2) is 5.69 Å². The lowest BCUT2D eigenvalue weighted by Gasteiger charge is -2.14. The van der Waals surface area contributed by atoms with Gasteiger partial charge in [-0.3, -0.25) is 0 Å². The van der Waals surface area contributed by atoms with Gasteiger partial charge in [-0.1, -0.05) is 0 Å². The fraction of sp³-hybridized carbons (Fsp3) is 0.231. The van der Waals surface area contributed by atoms with E-state index in [0.717, 1.165) is 13.2 Å². The van der Waals surface area contributed by atoms with Crippen molar-refractivity contribution in [1.29, 1.82) is 0 Å². The predicted octanol–water partition coefficient (Wildman–Crippen LogP) is 3.40. The standard InChI is InChI=1S/C13H8F6N2O3/c1-24-11(23)9-5-10(22)21(20-9)8-3-6(12(14,15)16)2-7(4-8)13(17,18)19/h2-5,22H,1H3. The molecule has 0 amide bonds. The molecule has 0 spiro atoms. The number of rotatable bonds is 2. The van der Waals surface area contributed by atoms with E-state index < -0.39 is 46.7 Å². The number of ether oxygens (including phenoxy) is 1. The van der Waals surface area contributed by atoms with Crippen LogP contribution >= 0.6 is 0 Å². The lowest BCUT2D eigenvalue weighted by atomic mass is 10.1. The molecule has 1 aromatic heterocycles. The van der Waals surface area contributed by atoms with Crippen molar-refractivity contribution in [3.8, 4) is 11.6 Å². The Morgan fingerprint density at radius 2 is 1.54 bits per heavy atom. The lowest BCUT2D eigenvalue weighted by Crippen LogP contribution is -2.13. The SMILES string of the molecule is COC(=O)c1cc(O)n(-c2cc(C(F)(F)F)cc(C(F)(F)F)c2)n1. The number of esters is 1. The van der Waals surface area contributed by atoms with Crippen LogP contribution in [0.2, 0.25) is 0 Å². The second-order valence-electron chi connectivity index (χ2n) is 4.56. The highest BCUT2D eigenvalue weighted by molar-refractivity contribution is 5.87. The van der Waals surface area contributed by atoms with Gasteiger partial charge in [0.1, 0.15) is 0 Å². The summed E-state index contributed by atoms with van der Waals surface area (Å²) >= 11 is 0. The molecule has 0 atom stereocenters. The normalized spacial score (nSPS) is 12.3. The Kier molecular flexibility index (Phi) is 4.21. The molecule has 0 radical (unpaired) electrons. The Hall–Kier alpha value is -2.72. The Labute approximate surface area is 130 Å². The average molecular weight is 354 g/mol. The third-order valence-corrected chi connectivity index (χ3v) is 2.90. The molecule has 1 aromatic carbocycles. The Morgan fingerprint density at radius 1 is 1.04 bits per heavy atom. The summed E-state index contributed by atoms with van der Waals surface area (Å²) < 4.78 is 81.5. The highest BCUT2D eigenvalue weighted by Crippen LogP contribution is 2.37. The topological polar surface area (TPSA) is 64.3 Å². The van der Waals surface area contributed by atoms with E-state index in [1.54, 1.807) is 0 Å². The number of carbonyl (C=O) groups excluding carboxylic acids is 1. The zero-order valence-corrected chi connectivity index (χ0v) is 11.7. The van der Waals surface area contributed by atoms with Crippen molar-refractivity contribution in [3.05, 3.63) is 41.1 Å². The molecule has 2 rings (SSSR count). The van der Waals surface area contributed by atoms with E-state index in [4.69, 9.17) is 0 Å². The third kappa shape index (κ3) is 3.44. The van der Waals surface area contributed by atoms with Gasteiger partial charge in [-0.25, -0.2) is 9.48 Å². The molecule has 0 saturated carbocycles. The van der Waals surface area contributed by atoms with Crippen molar-refractivity contribution in [1.82, 2.24) is 9.78 Å². The van der Waals surface area contributed by atoms with E-state index in [-0.39, 0.29) is 6.07 Å². The molecule has 2 aromatic rings. The van der Waals surface area contributed by atoms with Crippen molar-refractivity contribution in [2.75, 3.05) is 7.11 Å². The number of hydrogen-bond acceptors (Lipinski definition) is 4. The Balaban J connectivity index is 2.66. The molecule has 11 heteroatoms. The van der Waals surface area contributed by atoms with Crippen LogP contribution in [-0.2, 0) is 17.1 Å². The van der Waals surface area contributed by atoms with E-state index in [1.165, 1.54) is 0 Å². The van der Waals surface area contributed by atoms with Crippen LogP contribution in [0.25, 0.3) is 5.69 Å². The summed E-state index contributed by atoms with van der Waals surface area (Å²) in [4.78, 5) is 11.3. The van der Waals surface area contributed by atoms with E-state index in [0.29, 0.717) is 16.8 Å². The summed E-state index contributed by atoms with van der Waals surface area (Å²) in [7, 11) is 0.991. The first-order chi connectivity index (χ1) is 10.9. The molecule has 0 aliphatic carbocycles. The zero-order valence-electron chi connectivity index (χ0n) is 11.7. The Bertz CT molecular complexity index is 747. The molecule has 5 nitrogen and oxygen atoms in total. The number of carbonyl (C=O) groups is 1. The number of halogens is 6. The molecule has 1 heterocycles. The van der Waals surface area contributed by atoms with Gasteiger partial charge in [-0.05, 0) is 18.2 Å². The summed E-state index contributed by atoms with van der Waals surface area (Å²) in [6.45, 7) is 0. The van der Waals surface area contributed by atoms with Gasteiger partial charge >= 0.3 is 18.3 Å². The largest absolute Gasteiger partial charge is 0.493 e. The molecule has 130 valence electrons. The second kappa shape index (κ2) is 5.73. The number of aromatic nitrogens is 2. The summed E-state index contributed by atoms with van der Waals surface area (Å²) in [5.74, 6) is -1.85. The highest BCUT2D eigenvalue weighted by Gasteiger charge is 2.37. The van der Waals surface area contributed by atoms with Gasteiger partial charge in [-0.15, -0.1) is 0 Å². The third-order valence-electron chi connectivity index (χ3n) is 2.90. The fourth-order valence-electron chi connectivity index (χ4n) is 1.83. The highest BCUT2D eigenvalue weighted by atomic mass is 19.4. The van der Waals surface area contributed by atoms with Crippen molar-refractivity contribution >= 4 is 5.97 Å². The predicted molar refractivity (Wildman–Crippen MR) is 66.6 cm³/mol. The first-order valence-electron chi connectivity index (χ1n) is 6.10. The molecule has 0 saturated heterocycles. The molecule has 0 fully saturated rings. The van der Waals surface area contributed by atoms with Crippen molar-refractivity contribution < 1.29 is 41.0 Å². The lowest BCUT2D eigenvalue weighted by molar-refractivity contribution is -0.143. The van der Waals surface area contributed by atoms with Crippen LogP contribution in [0.4, 0.5) is 26.3 Å². The van der Waals surface area contributed by atoms with Crippen LogP contribution in [0.15, 0.2) is 24.3 Å². The maximum atomic E-state index is 12.8. The number of nitrogens with zero attached hydrogens (tertiary/aromatic N) is 2. The van der Waals surface area contributed by atoms with Crippen molar-refractivity contribution in [3.63, 3.8) is 0 Å². The summed E-state index contributed by atoms with van der Waals surface area (Å²) in [5.41, 5.74) is -4.37. The van der Waals surface area contributed by atoms with Crippen LogP contribution in [0.5, 0.6) is 5.88 Å². The minimum atomic E-state index is -5.05. The number of methoxy groups -OCH3 is 1. The minimum absolute atomic E-state index is 0.0642. The van der Waals surface area contributed by atoms with Crippen LogP contribution < -0.4 is 0 Å². The number of alkyl halides is 6. The number of benzene rings is 1. The summed E-state index contributed by atoms with van der Waals surface area (Å²) in [5, 5.41) is 13.1. The molecule has 24 heavy (non-hydrogen) atoms. The number of aromatic hydroxyl groups is 1. The quantitative estimate of drug-likeness (QED) is 0.663. The Morgan fingerprint density at radius 3 is 1.96 bits per heavy atom. The first-order valence-corrected chi connectivity index (χ1v) is 6.10. The molecule has 0 unspecified atom stereocenters. The molecule has 0 bridgehead atoms. The van der Waals surface area contributed by atoms with Gasteiger partial charge in [0.05, 0.1) is 23.9 Å². The summed E-state index contributed by atoms with van der Waals surface area (Å²) in [6.07, 6.45) is -10.1. The van der Waals surface area contributed by atoms with Gasteiger partial charge in [-0.2, -0.15) is 31.4 Å². The van der Waals surface area contributed by atoms with Crippen LogP contribution in [0.1, 0.15) is 21.6 Å². The second-order valence-corrected chi connectivity index (χ2v) is 4.56. The maximum Gasteiger partial charge on any atom is 0.416 e. The molecular formula is C13H8F6N2O3. The molecule has 0 aliphatic heterocycles. The molecular weight excluding hydrogens is 346 g/mol. The van der Waals surface area contributed by atoms with E-state index in [1.807, 2.05) is 0 Å². The minimum Gasteiger partial charge on any atom is -0.493 e. The van der Waals surface area contributed by atoms with Crippen molar-refractivity contribution in [2.45, 2.75) is 12.4 Å². The van der Waals surface area contributed by atoms with E-state index >= 15 is 0 Å². The maximum absolute atomic E-state index is 12.8. The monoisotopic (exact) mass is 354 g/mol. The smallest absolute Gasteiger partial charge is 0.416 e. The van der Waals surface area contributed by atoms with E-state index in [9.17, 15) is 36.2 Å². The van der Waals surface area contributed by atoms with Gasteiger partial charge in [0, 0.05) is 6.07 Å².